The number of H-pyrrole nitrogens is 1. The van der Waals surface area contributed by atoms with E-state index in [1.54, 1.807) is 11.3 Å². The maximum atomic E-state index is 13.1. The first-order valence-corrected chi connectivity index (χ1v) is 12.2. The van der Waals surface area contributed by atoms with Crippen LogP contribution in [0.25, 0.3) is 0 Å². The minimum atomic E-state index is -0.168. The van der Waals surface area contributed by atoms with Crippen molar-refractivity contribution in [3.63, 3.8) is 0 Å². The quantitative estimate of drug-likeness (QED) is 0.670. The van der Waals surface area contributed by atoms with E-state index in [2.05, 4.69) is 27.4 Å². The first-order chi connectivity index (χ1) is 14.7. The molecule has 1 saturated heterocycles. The molecule has 0 saturated carbocycles. The van der Waals surface area contributed by atoms with Crippen LogP contribution in [-0.4, -0.2) is 38.8 Å². The lowest BCUT2D eigenvalue weighted by molar-refractivity contribution is 0.0603. The average molecular weight is 441 g/mol. The van der Waals surface area contributed by atoms with Crippen molar-refractivity contribution in [3.05, 3.63) is 72.2 Å². The van der Waals surface area contributed by atoms with Gasteiger partial charge in [-0.2, -0.15) is 0 Å². The molecule has 0 aliphatic carbocycles. The van der Waals surface area contributed by atoms with Gasteiger partial charge < -0.3 is 9.88 Å². The number of thiophene rings is 2. The highest BCUT2D eigenvalue weighted by Gasteiger charge is 2.32. The standard InChI is InChI=1S/C22H24N4O2S2/c27-21-16-8-10-25(13-15-5-3-11-29-15)14-17(16)23-20(24-21)18-6-1-2-9-26(18)22(28)19-7-4-12-30-19/h3-5,7,11-12,18H,1-2,6,8-10,13-14H2,(H,23,24,27)/t18-/m0/s1. The monoisotopic (exact) mass is 440 g/mol. The first kappa shape index (κ1) is 19.7. The number of fused-ring (bicyclic) bond motifs is 1. The Morgan fingerprint density at radius 3 is 2.83 bits per heavy atom. The number of likely N-dealkylation sites (tertiary alicyclic amines) is 1. The van der Waals surface area contributed by atoms with Crippen molar-refractivity contribution in [2.45, 2.75) is 44.8 Å². The molecule has 1 atom stereocenters. The van der Waals surface area contributed by atoms with E-state index in [4.69, 9.17) is 4.98 Å². The number of rotatable bonds is 4. The third-order valence-electron chi connectivity index (χ3n) is 5.94. The van der Waals surface area contributed by atoms with E-state index in [-0.39, 0.29) is 17.5 Å². The second kappa shape index (κ2) is 8.45. The van der Waals surface area contributed by atoms with E-state index < -0.39 is 0 Å². The van der Waals surface area contributed by atoms with Crippen molar-refractivity contribution in [2.75, 3.05) is 13.1 Å². The van der Waals surface area contributed by atoms with Crippen LogP contribution >= 0.6 is 22.7 Å². The van der Waals surface area contributed by atoms with Crippen LogP contribution in [0.15, 0.2) is 39.8 Å². The van der Waals surface area contributed by atoms with Crippen LogP contribution in [0.5, 0.6) is 0 Å². The van der Waals surface area contributed by atoms with Crippen molar-refractivity contribution in [1.82, 2.24) is 19.8 Å². The van der Waals surface area contributed by atoms with Crippen LogP contribution < -0.4 is 5.56 Å². The molecule has 0 radical (unpaired) electrons. The van der Waals surface area contributed by atoms with Gasteiger partial charge in [-0.05, 0) is 48.6 Å². The van der Waals surface area contributed by atoms with E-state index in [1.807, 2.05) is 22.4 Å². The molecule has 1 N–H and O–H groups in total. The Hall–Kier alpha value is -2.29. The molecule has 3 aromatic rings. The fourth-order valence-electron chi connectivity index (χ4n) is 4.43. The zero-order chi connectivity index (χ0) is 20.5. The molecule has 0 spiro atoms. The Kier molecular flexibility index (Phi) is 5.54. The summed E-state index contributed by atoms with van der Waals surface area (Å²) in [6.07, 6.45) is 3.56. The summed E-state index contributed by atoms with van der Waals surface area (Å²) >= 11 is 3.22. The summed E-state index contributed by atoms with van der Waals surface area (Å²) in [5.41, 5.74) is 1.62. The number of hydrogen-bond donors (Lipinski definition) is 1. The van der Waals surface area contributed by atoms with Gasteiger partial charge in [0, 0.05) is 36.6 Å². The fraction of sp³-hybridized carbons (Fsp3) is 0.409. The summed E-state index contributed by atoms with van der Waals surface area (Å²) in [5, 5.41) is 4.02. The lowest BCUT2D eigenvalue weighted by Gasteiger charge is -2.35. The van der Waals surface area contributed by atoms with Gasteiger partial charge >= 0.3 is 0 Å². The molecule has 1 fully saturated rings. The molecule has 2 aliphatic rings. The van der Waals surface area contributed by atoms with Crippen LogP contribution in [0, 0.1) is 0 Å². The number of carbonyl (C=O) groups excluding carboxylic acids is 1. The summed E-state index contributed by atoms with van der Waals surface area (Å²) in [5.74, 6) is 0.677. The number of nitrogens with one attached hydrogen (secondary N) is 1. The zero-order valence-electron chi connectivity index (χ0n) is 16.7. The molecule has 1 amide bonds. The lowest BCUT2D eigenvalue weighted by Crippen LogP contribution is -2.41. The van der Waals surface area contributed by atoms with Crippen molar-refractivity contribution < 1.29 is 4.79 Å². The maximum absolute atomic E-state index is 13.1. The molecule has 5 rings (SSSR count). The van der Waals surface area contributed by atoms with Crippen molar-refractivity contribution in [3.8, 4) is 0 Å². The van der Waals surface area contributed by atoms with E-state index >= 15 is 0 Å². The van der Waals surface area contributed by atoms with Crippen LogP contribution in [0.2, 0.25) is 0 Å². The largest absolute Gasteiger partial charge is 0.328 e. The number of aromatic nitrogens is 2. The van der Waals surface area contributed by atoms with E-state index in [1.165, 1.54) is 16.2 Å². The second-order valence-corrected chi connectivity index (χ2v) is 9.88. The normalized spacial score (nSPS) is 19.6. The lowest BCUT2D eigenvalue weighted by atomic mass is 10.00. The number of aromatic amines is 1. The molecule has 30 heavy (non-hydrogen) atoms. The predicted octanol–water partition coefficient (Wildman–Crippen LogP) is 3.82. The van der Waals surface area contributed by atoms with E-state index in [9.17, 15) is 9.59 Å². The van der Waals surface area contributed by atoms with E-state index in [0.717, 1.165) is 48.5 Å². The number of nitrogens with zero attached hydrogens (tertiary/aromatic N) is 3. The van der Waals surface area contributed by atoms with Gasteiger partial charge in [-0.25, -0.2) is 4.98 Å². The van der Waals surface area contributed by atoms with Gasteiger partial charge in [0.15, 0.2) is 0 Å². The minimum Gasteiger partial charge on any atom is -0.328 e. The van der Waals surface area contributed by atoms with Crippen LogP contribution in [0.1, 0.15) is 56.9 Å². The van der Waals surface area contributed by atoms with Crippen LogP contribution in [-0.2, 0) is 19.5 Å². The fourth-order valence-corrected chi connectivity index (χ4v) is 5.85. The molecular formula is C22H24N4O2S2. The Bertz CT molecular complexity index is 1080. The molecule has 0 aromatic carbocycles. The number of hydrogen-bond acceptors (Lipinski definition) is 6. The van der Waals surface area contributed by atoms with Gasteiger partial charge in [-0.1, -0.05) is 12.1 Å². The Morgan fingerprint density at radius 1 is 1.17 bits per heavy atom. The second-order valence-electron chi connectivity index (χ2n) is 7.90. The first-order valence-electron chi connectivity index (χ1n) is 10.4. The molecule has 2 aliphatic heterocycles. The molecule has 0 unspecified atom stereocenters. The molecule has 0 bridgehead atoms. The summed E-state index contributed by atoms with van der Waals surface area (Å²) in [7, 11) is 0. The summed E-state index contributed by atoms with van der Waals surface area (Å²) in [4.78, 5) is 40.1. The van der Waals surface area contributed by atoms with Crippen LogP contribution in [0.4, 0.5) is 0 Å². The third-order valence-corrected chi connectivity index (χ3v) is 7.66. The minimum absolute atomic E-state index is 0.0365. The Morgan fingerprint density at radius 2 is 2.03 bits per heavy atom. The zero-order valence-corrected chi connectivity index (χ0v) is 18.3. The van der Waals surface area contributed by atoms with E-state index in [0.29, 0.717) is 25.3 Å². The SMILES string of the molecule is O=C(c1cccs1)N1CCCC[C@H]1c1nc2c(c(=O)[nH]1)CCN(Cc1cccs1)C2. The van der Waals surface area contributed by atoms with Crippen molar-refractivity contribution in [2.24, 2.45) is 0 Å². The van der Waals surface area contributed by atoms with Crippen LogP contribution in [0.3, 0.4) is 0 Å². The number of amides is 1. The molecule has 5 heterocycles. The summed E-state index contributed by atoms with van der Waals surface area (Å²) in [6.45, 7) is 3.12. The highest BCUT2D eigenvalue weighted by molar-refractivity contribution is 7.12. The molecule has 156 valence electrons. The molecule has 6 nitrogen and oxygen atoms in total. The van der Waals surface area contributed by atoms with Gasteiger partial charge in [-0.3, -0.25) is 14.5 Å². The Balaban J connectivity index is 1.42. The van der Waals surface area contributed by atoms with Gasteiger partial charge in [0.25, 0.3) is 11.5 Å². The van der Waals surface area contributed by atoms with Gasteiger partial charge in [0.05, 0.1) is 16.6 Å². The molecule has 8 heteroatoms. The maximum Gasteiger partial charge on any atom is 0.264 e. The predicted molar refractivity (Wildman–Crippen MR) is 119 cm³/mol. The van der Waals surface area contributed by atoms with Gasteiger partial charge in [-0.15, -0.1) is 22.7 Å². The smallest absolute Gasteiger partial charge is 0.264 e. The van der Waals surface area contributed by atoms with Gasteiger partial charge in [0.1, 0.15) is 5.82 Å². The van der Waals surface area contributed by atoms with Crippen molar-refractivity contribution in [1.29, 1.82) is 0 Å². The topological polar surface area (TPSA) is 69.3 Å². The highest BCUT2D eigenvalue weighted by Crippen LogP contribution is 2.31. The highest BCUT2D eigenvalue weighted by atomic mass is 32.1. The summed E-state index contributed by atoms with van der Waals surface area (Å²) in [6, 6.07) is 7.81. The Labute approximate surface area is 183 Å². The molecular weight excluding hydrogens is 416 g/mol. The number of piperidine rings is 1. The van der Waals surface area contributed by atoms with Gasteiger partial charge in [0.2, 0.25) is 0 Å². The summed E-state index contributed by atoms with van der Waals surface area (Å²) < 4.78 is 0. The van der Waals surface area contributed by atoms with Crippen molar-refractivity contribution >= 4 is 28.6 Å². The molecule has 3 aromatic heterocycles. The average Bonchev–Trinajstić information content (AvgIpc) is 3.47. The third kappa shape index (κ3) is 3.87. The number of carbonyl (C=O) groups is 1.